The van der Waals surface area contributed by atoms with E-state index < -0.39 is 23.0 Å². The molecule has 0 aliphatic heterocycles. The minimum atomic E-state index is -3.08. The molecule has 2 amide bonds. The van der Waals surface area contributed by atoms with Gasteiger partial charge in [0.15, 0.2) is 0 Å². The zero-order chi connectivity index (χ0) is 28.7. The third-order valence-corrected chi connectivity index (χ3v) is 16.1. The number of alkyl carbamates (subject to hydrolysis) is 1. The van der Waals surface area contributed by atoms with E-state index in [2.05, 4.69) is 98.9 Å². The molecule has 2 N–H and O–H groups in total. The number of carbonyl (C=O) groups is 2. The van der Waals surface area contributed by atoms with E-state index in [9.17, 15) is 9.59 Å². The van der Waals surface area contributed by atoms with Crippen LogP contribution in [0.15, 0.2) is 91.0 Å². The van der Waals surface area contributed by atoms with Crippen molar-refractivity contribution in [2.45, 2.75) is 65.4 Å². The first kappa shape index (κ1) is 30.8. The van der Waals surface area contributed by atoms with Crippen molar-refractivity contribution in [2.75, 3.05) is 6.16 Å². The van der Waals surface area contributed by atoms with Gasteiger partial charge in [-0.05, 0) is 0 Å². The summed E-state index contributed by atoms with van der Waals surface area (Å²) in [6.45, 7) is 11.3. The molecule has 0 aromatic heterocycles. The Hall–Kier alpha value is -2.69. The molecule has 0 fully saturated rings. The molecule has 0 heterocycles. The van der Waals surface area contributed by atoms with E-state index in [1.54, 1.807) is 20.8 Å². The van der Waals surface area contributed by atoms with E-state index in [1.807, 2.05) is 39.0 Å². The van der Waals surface area contributed by atoms with Gasteiger partial charge in [0.05, 0.1) is 0 Å². The number of halogens is 1. The molecule has 0 spiro atoms. The van der Waals surface area contributed by atoms with Gasteiger partial charge in [0.2, 0.25) is 0 Å². The first-order chi connectivity index (χ1) is 18.3. The van der Waals surface area contributed by atoms with Crippen molar-refractivity contribution < 1.29 is 14.3 Å². The van der Waals surface area contributed by atoms with Crippen LogP contribution >= 0.6 is 20.8 Å². The summed E-state index contributed by atoms with van der Waals surface area (Å²) in [4.78, 5) is 26.0. The van der Waals surface area contributed by atoms with Crippen LogP contribution in [0.25, 0.3) is 0 Å². The molecule has 0 saturated heterocycles. The fourth-order valence-corrected chi connectivity index (χ4v) is 13.8. The van der Waals surface area contributed by atoms with Crippen molar-refractivity contribution in [3.63, 3.8) is 0 Å². The molecule has 2 atom stereocenters. The number of benzene rings is 3. The van der Waals surface area contributed by atoms with Crippen molar-refractivity contribution in [1.29, 1.82) is 0 Å². The third-order valence-electron chi connectivity index (χ3n) is 6.72. The van der Waals surface area contributed by atoms with Gasteiger partial charge in [-0.25, -0.2) is 0 Å². The van der Waals surface area contributed by atoms with Gasteiger partial charge in [0.1, 0.15) is 0 Å². The first-order valence-corrected chi connectivity index (χ1v) is 18.1. The Morgan fingerprint density at radius 2 is 1.26 bits per heavy atom. The molecule has 1 unspecified atom stereocenters. The van der Waals surface area contributed by atoms with Crippen LogP contribution < -0.4 is 21.2 Å². The Balaban J connectivity index is 1.99. The molecule has 5 nitrogen and oxygen atoms in total. The molecule has 39 heavy (non-hydrogen) atoms. The van der Waals surface area contributed by atoms with Gasteiger partial charge in [-0.15, -0.1) is 0 Å². The topological polar surface area (TPSA) is 67.4 Å². The van der Waals surface area contributed by atoms with Gasteiger partial charge >= 0.3 is 242 Å². The van der Waals surface area contributed by atoms with Crippen LogP contribution in [0.5, 0.6) is 0 Å². The maximum absolute atomic E-state index is 13.5. The second-order valence-electron chi connectivity index (χ2n) is 11.7. The van der Waals surface area contributed by atoms with Crippen molar-refractivity contribution >= 4 is 43.4 Å². The molecule has 3 rings (SSSR count). The van der Waals surface area contributed by atoms with Crippen molar-refractivity contribution in [2.24, 2.45) is 5.92 Å². The zero-order valence-electron chi connectivity index (χ0n) is 23.9. The predicted octanol–water partition coefficient (Wildman–Crippen LogP) is 6.75. The SMILES string of the molecule is CC(C)C(NC(=O)OC(C)(C)C)C(=O)N[C@@H](C)CP(Br)(Cc1ccccc1)(c1ccccc1)c1ccccc1. The van der Waals surface area contributed by atoms with Crippen LogP contribution in [-0.2, 0) is 15.7 Å². The summed E-state index contributed by atoms with van der Waals surface area (Å²) in [6.07, 6.45) is 0.892. The maximum atomic E-state index is 13.5. The Kier molecular flexibility index (Phi) is 10.0. The summed E-state index contributed by atoms with van der Waals surface area (Å²) in [5, 5.41) is 5.39. The second-order valence-corrected chi connectivity index (χ2v) is 21.3. The van der Waals surface area contributed by atoms with Gasteiger partial charge in [-0.1, -0.05) is 0 Å². The van der Waals surface area contributed by atoms with Gasteiger partial charge in [-0.2, -0.15) is 0 Å². The molecular weight excluding hydrogens is 571 g/mol. The number of carbonyl (C=O) groups excluding carboxylic acids is 2. The number of hydrogen-bond donors (Lipinski definition) is 2. The van der Waals surface area contributed by atoms with Crippen molar-refractivity contribution in [3.05, 3.63) is 96.6 Å². The monoisotopic (exact) mass is 612 g/mol. The van der Waals surface area contributed by atoms with Crippen LogP contribution in [-0.4, -0.2) is 35.8 Å². The van der Waals surface area contributed by atoms with E-state index >= 15 is 0 Å². The van der Waals surface area contributed by atoms with Crippen LogP contribution in [0.2, 0.25) is 0 Å². The summed E-state index contributed by atoms with van der Waals surface area (Å²) in [5.41, 5.74) is 0.579. The molecule has 210 valence electrons. The van der Waals surface area contributed by atoms with E-state index in [4.69, 9.17) is 4.74 Å². The quantitative estimate of drug-likeness (QED) is 0.249. The normalized spacial score (nSPS) is 14.5. The Morgan fingerprint density at radius 1 is 0.795 bits per heavy atom. The molecule has 0 aliphatic rings. The standard InChI is InChI=1S/C32H42BrN2O3P/c1-24(2)29(35-31(37)38-32(4,5)6)30(36)34-25(3)22-39(33,27-18-12-8-13-19-27,28-20-14-9-15-21-28)23-26-16-10-7-11-17-26/h7-21,24-25,29H,22-23H2,1-6H3,(H,34,36)(H,35,37)/t25-,29?/m0/s1. The van der Waals surface area contributed by atoms with Gasteiger partial charge in [-0.3, -0.25) is 0 Å². The van der Waals surface area contributed by atoms with Crippen LogP contribution in [0.4, 0.5) is 4.79 Å². The molecular formula is C32H42BrN2O3P. The minimum absolute atomic E-state index is 0.114. The third kappa shape index (κ3) is 7.93. The summed E-state index contributed by atoms with van der Waals surface area (Å²) < 4.78 is 5.42. The number of hydrogen-bond acceptors (Lipinski definition) is 3. The number of nitrogens with one attached hydrogen (secondary N) is 2. The van der Waals surface area contributed by atoms with E-state index in [-0.39, 0.29) is 17.9 Å². The van der Waals surface area contributed by atoms with Gasteiger partial charge < -0.3 is 0 Å². The van der Waals surface area contributed by atoms with Crippen molar-refractivity contribution in [1.82, 2.24) is 10.6 Å². The Labute approximate surface area is 241 Å². The Bertz CT molecular complexity index is 1190. The van der Waals surface area contributed by atoms with E-state index in [0.717, 1.165) is 6.16 Å². The number of ether oxygens (including phenoxy) is 1. The van der Waals surface area contributed by atoms with Crippen LogP contribution in [0.3, 0.4) is 0 Å². The average molecular weight is 614 g/mol. The molecule has 3 aromatic carbocycles. The van der Waals surface area contributed by atoms with E-state index in [1.165, 1.54) is 16.2 Å². The fraction of sp³-hybridized carbons (Fsp3) is 0.375. The molecule has 0 aliphatic carbocycles. The zero-order valence-corrected chi connectivity index (χ0v) is 26.3. The van der Waals surface area contributed by atoms with Crippen LogP contribution in [0.1, 0.15) is 47.1 Å². The summed E-state index contributed by atoms with van der Waals surface area (Å²) >= 11 is 4.47. The van der Waals surface area contributed by atoms with Gasteiger partial charge in [0, 0.05) is 0 Å². The molecule has 0 radical (unpaired) electrons. The number of amides is 2. The van der Waals surface area contributed by atoms with Gasteiger partial charge in [0.25, 0.3) is 0 Å². The Morgan fingerprint density at radius 3 is 1.69 bits per heavy atom. The predicted molar refractivity (Wildman–Crippen MR) is 169 cm³/mol. The van der Waals surface area contributed by atoms with Crippen molar-refractivity contribution in [3.8, 4) is 0 Å². The summed E-state index contributed by atoms with van der Waals surface area (Å²) in [5.74, 6) is -0.335. The summed E-state index contributed by atoms with van der Waals surface area (Å²) in [6, 6.07) is 30.7. The average Bonchev–Trinajstić information content (AvgIpc) is 2.87. The number of rotatable bonds is 10. The molecule has 0 bridgehead atoms. The summed E-state index contributed by atoms with van der Waals surface area (Å²) in [7, 11) is 0. The van der Waals surface area contributed by atoms with Crippen LogP contribution in [0, 0.1) is 5.92 Å². The first-order valence-electron chi connectivity index (χ1n) is 13.5. The molecule has 0 saturated carbocycles. The molecule has 7 heteroatoms. The van der Waals surface area contributed by atoms with E-state index in [0.29, 0.717) is 6.16 Å². The second kappa shape index (κ2) is 12.7. The molecule has 3 aromatic rings. The fourth-order valence-electron chi connectivity index (χ4n) is 5.03.